The van der Waals surface area contributed by atoms with Gasteiger partial charge in [-0.2, -0.15) is 5.10 Å². The molecule has 0 saturated heterocycles. The highest BCUT2D eigenvalue weighted by molar-refractivity contribution is 7.14. The fraction of sp³-hybridized carbons (Fsp3) is 0.190. The molecule has 1 aromatic heterocycles. The van der Waals surface area contributed by atoms with E-state index in [1.807, 2.05) is 60.0 Å². The molecule has 2 aromatic carbocycles. The second-order valence-electron chi connectivity index (χ2n) is 5.75. The van der Waals surface area contributed by atoms with Crippen LogP contribution in [-0.2, 0) is 9.53 Å². The number of hydrogen-bond acceptors (Lipinski definition) is 7. The van der Waals surface area contributed by atoms with Crippen LogP contribution in [0.4, 0.5) is 5.13 Å². The fourth-order valence-electron chi connectivity index (χ4n) is 2.40. The van der Waals surface area contributed by atoms with Crippen LogP contribution in [0, 0.1) is 0 Å². The lowest BCUT2D eigenvalue weighted by Crippen LogP contribution is -2.09. The van der Waals surface area contributed by atoms with Gasteiger partial charge in [0.25, 0.3) is 0 Å². The van der Waals surface area contributed by atoms with E-state index in [-0.39, 0.29) is 19.0 Å². The molecule has 0 bridgehead atoms. The summed E-state index contributed by atoms with van der Waals surface area (Å²) in [5.74, 6) is 0.414. The van der Waals surface area contributed by atoms with Gasteiger partial charge in [-0.3, -0.25) is 10.2 Å². The van der Waals surface area contributed by atoms with Gasteiger partial charge in [-0.25, -0.2) is 4.98 Å². The summed E-state index contributed by atoms with van der Waals surface area (Å²) in [6.45, 7) is 2.44. The Bertz CT molecular complexity index is 925. The van der Waals surface area contributed by atoms with E-state index in [9.17, 15) is 4.79 Å². The number of ether oxygens (including phenoxy) is 2. The smallest absolute Gasteiger partial charge is 0.309 e. The highest BCUT2D eigenvalue weighted by atomic mass is 32.1. The number of thiazole rings is 1. The van der Waals surface area contributed by atoms with Gasteiger partial charge in [0, 0.05) is 10.9 Å². The highest BCUT2D eigenvalue weighted by Gasteiger charge is 2.04. The van der Waals surface area contributed by atoms with Crippen molar-refractivity contribution in [3.63, 3.8) is 0 Å². The largest absolute Gasteiger partial charge is 0.493 e. The zero-order valence-corrected chi connectivity index (χ0v) is 16.3. The highest BCUT2D eigenvalue weighted by Crippen LogP contribution is 2.24. The molecule has 3 aromatic rings. The molecule has 0 spiro atoms. The third-order valence-corrected chi connectivity index (χ3v) is 4.43. The number of anilines is 1. The van der Waals surface area contributed by atoms with Gasteiger partial charge < -0.3 is 9.47 Å². The Morgan fingerprint density at radius 1 is 1.21 bits per heavy atom. The second-order valence-corrected chi connectivity index (χ2v) is 6.61. The standard InChI is InChI=1S/C21H21N3O3S/c1-2-26-20(25)11-12-27-18-10-6-7-16(13-18)14-22-24-21-23-19(15-28-21)17-8-4-3-5-9-17/h3-10,13-15H,2,11-12H2,1H3,(H,23,24). The molecular weight excluding hydrogens is 374 g/mol. The number of nitrogens with one attached hydrogen (secondary N) is 1. The lowest BCUT2D eigenvalue weighted by molar-refractivity contribution is -0.143. The maximum atomic E-state index is 11.3. The normalized spacial score (nSPS) is 10.8. The Morgan fingerprint density at radius 2 is 2.07 bits per heavy atom. The average molecular weight is 395 g/mol. The maximum absolute atomic E-state index is 11.3. The summed E-state index contributed by atoms with van der Waals surface area (Å²) in [4.78, 5) is 15.9. The molecule has 0 saturated carbocycles. The summed E-state index contributed by atoms with van der Waals surface area (Å²) < 4.78 is 10.5. The van der Waals surface area contributed by atoms with Crippen LogP contribution in [-0.4, -0.2) is 30.4 Å². The van der Waals surface area contributed by atoms with E-state index in [1.54, 1.807) is 13.1 Å². The Kier molecular flexibility index (Phi) is 7.14. The number of carbonyl (C=O) groups is 1. The van der Waals surface area contributed by atoms with Gasteiger partial charge in [0.15, 0.2) is 0 Å². The lowest BCUT2D eigenvalue weighted by Gasteiger charge is -2.06. The first-order valence-corrected chi connectivity index (χ1v) is 9.81. The van der Waals surface area contributed by atoms with E-state index >= 15 is 0 Å². The van der Waals surface area contributed by atoms with E-state index in [0.29, 0.717) is 12.4 Å². The number of hydrogen-bond donors (Lipinski definition) is 1. The Morgan fingerprint density at radius 3 is 2.89 bits per heavy atom. The first-order chi connectivity index (χ1) is 13.7. The first-order valence-electron chi connectivity index (χ1n) is 8.93. The molecule has 0 amide bonds. The predicted octanol–water partition coefficient (Wildman–Crippen LogP) is 4.59. The van der Waals surface area contributed by atoms with Crippen LogP contribution in [0.15, 0.2) is 65.1 Å². The molecule has 0 aliphatic rings. The molecule has 0 aliphatic carbocycles. The number of esters is 1. The monoisotopic (exact) mass is 395 g/mol. The number of carbonyl (C=O) groups excluding carboxylic acids is 1. The van der Waals surface area contributed by atoms with Gasteiger partial charge in [0.2, 0.25) is 5.13 Å². The number of hydrazone groups is 1. The zero-order chi connectivity index (χ0) is 19.6. The molecule has 7 heteroatoms. The number of benzene rings is 2. The summed E-state index contributed by atoms with van der Waals surface area (Å²) in [7, 11) is 0. The minimum Gasteiger partial charge on any atom is -0.493 e. The molecule has 144 valence electrons. The molecular formula is C21H21N3O3S. The van der Waals surface area contributed by atoms with Gasteiger partial charge >= 0.3 is 5.97 Å². The average Bonchev–Trinajstić information content (AvgIpc) is 3.18. The van der Waals surface area contributed by atoms with Crippen molar-refractivity contribution in [2.75, 3.05) is 18.6 Å². The SMILES string of the molecule is CCOC(=O)CCOc1cccc(C=NNc2nc(-c3ccccc3)cs2)c1. The first kappa shape index (κ1) is 19.6. The van der Waals surface area contributed by atoms with Crippen LogP contribution in [0.25, 0.3) is 11.3 Å². The molecule has 0 radical (unpaired) electrons. The fourth-order valence-corrected chi connectivity index (χ4v) is 3.07. The van der Waals surface area contributed by atoms with Gasteiger partial charge in [0.05, 0.1) is 31.5 Å². The van der Waals surface area contributed by atoms with Gasteiger partial charge in [-0.1, -0.05) is 42.5 Å². The maximum Gasteiger partial charge on any atom is 0.309 e. The second kappa shape index (κ2) is 10.2. The van der Waals surface area contributed by atoms with Crippen molar-refractivity contribution in [1.82, 2.24) is 4.98 Å². The van der Waals surface area contributed by atoms with Crippen molar-refractivity contribution in [1.29, 1.82) is 0 Å². The van der Waals surface area contributed by atoms with Crippen molar-refractivity contribution < 1.29 is 14.3 Å². The zero-order valence-electron chi connectivity index (χ0n) is 15.5. The molecule has 0 atom stereocenters. The quantitative estimate of drug-likeness (QED) is 0.326. The van der Waals surface area contributed by atoms with Gasteiger partial charge in [-0.05, 0) is 24.6 Å². The minimum absolute atomic E-state index is 0.224. The summed E-state index contributed by atoms with van der Waals surface area (Å²) in [6, 6.07) is 17.5. The molecule has 3 rings (SSSR count). The number of rotatable bonds is 9. The van der Waals surface area contributed by atoms with Crippen LogP contribution < -0.4 is 10.2 Å². The van der Waals surface area contributed by atoms with Crippen molar-refractivity contribution >= 4 is 28.7 Å². The van der Waals surface area contributed by atoms with Crippen molar-refractivity contribution in [3.05, 3.63) is 65.5 Å². The van der Waals surface area contributed by atoms with E-state index in [1.165, 1.54) is 11.3 Å². The molecule has 6 nitrogen and oxygen atoms in total. The third-order valence-electron chi connectivity index (χ3n) is 3.69. The van der Waals surface area contributed by atoms with Crippen LogP contribution in [0.1, 0.15) is 18.9 Å². The van der Waals surface area contributed by atoms with Crippen LogP contribution in [0.2, 0.25) is 0 Å². The van der Waals surface area contributed by atoms with Crippen LogP contribution in [0.5, 0.6) is 5.75 Å². The molecule has 1 heterocycles. The Balaban J connectivity index is 1.52. The number of aromatic nitrogens is 1. The van der Waals surface area contributed by atoms with Crippen molar-refractivity contribution in [2.24, 2.45) is 5.10 Å². The molecule has 0 unspecified atom stereocenters. The molecule has 0 fully saturated rings. The molecule has 0 aliphatic heterocycles. The van der Waals surface area contributed by atoms with Crippen molar-refractivity contribution in [3.8, 4) is 17.0 Å². The lowest BCUT2D eigenvalue weighted by atomic mass is 10.2. The summed E-state index contributed by atoms with van der Waals surface area (Å²) in [5.41, 5.74) is 5.82. The van der Waals surface area contributed by atoms with E-state index in [0.717, 1.165) is 22.0 Å². The van der Waals surface area contributed by atoms with E-state index in [2.05, 4.69) is 15.5 Å². The van der Waals surface area contributed by atoms with Crippen LogP contribution in [0.3, 0.4) is 0 Å². The predicted molar refractivity (Wildman–Crippen MR) is 112 cm³/mol. The summed E-state index contributed by atoms with van der Waals surface area (Å²) in [6.07, 6.45) is 1.92. The van der Waals surface area contributed by atoms with Crippen molar-refractivity contribution in [2.45, 2.75) is 13.3 Å². The third kappa shape index (κ3) is 5.92. The Hall–Kier alpha value is -3.19. The van der Waals surface area contributed by atoms with Gasteiger partial charge in [0.1, 0.15) is 5.75 Å². The molecule has 1 N–H and O–H groups in total. The van der Waals surface area contributed by atoms with Gasteiger partial charge in [-0.15, -0.1) is 11.3 Å². The summed E-state index contributed by atoms with van der Waals surface area (Å²) in [5, 5.41) is 6.95. The summed E-state index contributed by atoms with van der Waals surface area (Å²) >= 11 is 1.50. The molecule has 28 heavy (non-hydrogen) atoms. The van der Waals surface area contributed by atoms with E-state index in [4.69, 9.17) is 9.47 Å². The topological polar surface area (TPSA) is 72.8 Å². The minimum atomic E-state index is -0.261. The van der Waals surface area contributed by atoms with E-state index < -0.39 is 0 Å². The Labute approximate surface area is 167 Å². The number of nitrogens with zero attached hydrogens (tertiary/aromatic N) is 2. The van der Waals surface area contributed by atoms with Crippen LogP contribution >= 0.6 is 11.3 Å².